The van der Waals surface area contributed by atoms with E-state index in [1.54, 1.807) is 7.85 Å². The number of allylic oxidation sites excluding steroid dienone is 3. The van der Waals surface area contributed by atoms with E-state index in [-0.39, 0.29) is 12.4 Å². The Labute approximate surface area is 61.7 Å². The van der Waals surface area contributed by atoms with Crippen LogP contribution >= 0.6 is 0 Å². The smallest absolute Gasteiger partial charge is 0.142 e. The molecule has 3 heteroatoms. The molecule has 0 aromatic rings. The fourth-order valence-electron chi connectivity index (χ4n) is 0.494. The van der Waals surface area contributed by atoms with Crippen LogP contribution in [0.5, 0.6) is 0 Å². The van der Waals surface area contributed by atoms with Gasteiger partial charge in [-0.2, -0.15) is 0 Å². The zero-order valence-corrected chi connectivity index (χ0v) is 6.23. The van der Waals surface area contributed by atoms with Crippen LogP contribution < -0.4 is 0 Å². The third-order valence-corrected chi connectivity index (χ3v) is 1.09. The summed E-state index contributed by atoms with van der Waals surface area (Å²) >= 11 is 0. The summed E-state index contributed by atoms with van der Waals surface area (Å²) in [6.07, 6.45) is 2.63. The quantitative estimate of drug-likeness (QED) is 0.349. The molecule has 0 unspecified atom stereocenters. The molecule has 56 valence electrons. The maximum Gasteiger partial charge on any atom is 0.142 e. The van der Waals surface area contributed by atoms with Gasteiger partial charge >= 0.3 is 0 Å². The van der Waals surface area contributed by atoms with Gasteiger partial charge in [0.1, 0.15) is 13.7 Å². The summed E-state index contributed by atoms with van der Waals surface area (Å²) in [7, 11) is 1.62. The third kappa shape index (κ3) is 4.33. The van der Waals surface area contributed by atoms with E-state index in [9.17, 15) is 4.39 Å². The van der Waals surface area contributed by atoms with Crippen LogP contribution in [0.3, 0.4) is 0 Å². The van der Waals surface area contributed by atoms with Crippen LogP contribution in [-0.4, -0.2) is 19.6 Å². The van der Waals surface area contributed by atoms with Gasteiger partial charge in [0.15, 0.2) is 0 Å². The molecule has 0 saturated heterocycles. The van der Waals surface area contributed by atoms with Crippen molar-refractivity contribution in [3.05, 3.63) is 24.0 Å². The summed E-state index contributed by atoms with van der Waals surface area (Å²) < 4.78 is 12.5. The van der Waals surface area contributed by atoms with Crippen molar-refractivity contribution in [3.8, 4) is 0 Å². The number of halogens is 1. The van der Waals surface area contributed by atoms with Crippen molar-refractivity contribution in [2.45, 2.75) is 12.8 Å². The normalized spacial score (nSPS) is 11.6. The van der Waals surface area contributed by atoms with Gasteiger partial charge in [-0.25, -0.2) is 4.39 Å². The molecule has 0 heterocycles. The van der Waals surface area contributed by atoms with Crippen molar-refractivity contribution in [2.75, 3.05) is 6.61 Å². The Morgan fingerprint density at radius 3 is 2.70 bits per heavy atom. The molecule has 0 spiro atoms. The molecule has 0 aromatic carbocycles. The van der Waals surface area contributed by atoms with Crippen LogP contribution in [0.2, 0.25) is 0 Å². The predicted octanol–water partition coefficient (Wildman–Crippen LogP) is 0.759. The highest BCUT2D eigenvalue weighted by Crippen LogP contribution is 2.06. The second kappa shape index (κ2) is 5.24. The van der Waals surface area contributed by atoms with Crippen molar-refractivity contribution in [1.82, 2.24) is 0 Å². The summed E-state index contributed by atoms with van der Waals surface area (Å²) in [6.45, 7) is 3.54. The average molecular weight is 142 g/mol. The first-order chi connectivity index (χ1) is 4.68. The third-order valence-electron chi connectivity index (χ3n) is 1.09. The Kier molecular flexibility index (Phi) is 4.94. The molecule has 0 aliphatic carbocycles. The topological polar surface area (TPSA) is 20.2 Å². The summed E-state index contributed by atoms with van der Waals surface area (Å²) in [5, 5.41) is 8.34. The summed E-state index contributed by atoms with van der Waals surface area (Å²) in [5.41, 5.74) is 0.443. The molecule has 0 amide bonds. The van der Waals surface area contributed by atoms with Crippen molar-refractivity contribution in [1.29, 1.82) is 0 Å². The number of aliphatic hydroxyl groups is 1. The fraction of sp³-hybridized carbons (Fsp3) is 0.429. The molecule has 0 bridgehead atoms. The molecule has 0 atom stereocenters. The van der Waals surface area contributed by atoms with E-state index in [1.807, 2.05) is 0 Å². The fourth-order valence-corrected chi connectivity index (χ4v) is 0.494. The molecule has 1 N–H and O–H groups in total. The second-order valence-electron chi connectivity index (χ2n) is 2.20. The van der Waals surface area contributed by atoms with Crippen LogP contribution in [0, 0.1) is 0 Å². The van der Waals surface area contributed by atoms with Crippen LogP contribution in [0.4, 0.5) is 4.39 Å². The van der Waals surface area contributed by atoms with Gasteiger partial charge in [-0.1, -0.05) is 5.47 Å². The Bertz CT molecular complexity index is 143. The minimum Gasteiger partial charge on any atom is -0.396 e. The molecule has 0 aliphatic rings. The summed E-state index contributed by atoms with van der Waals surface area (Å²) in [5.74, 6) is -0.270. The minimum absolute atomic E-state index is 0.111. The Balaban J connectivity index is 3.58. The van der Waals surface area contributed by atoms with E-state index in [0.29, 0.717) is 18.3 Å². The van der Waals surface area contributed by atoms with Crippen molar-refractivity contribution < 1.29 is 9.50 Å². The van der Waals surface area contributed by atoms with E-state index in [1.165, 1.54) is 6.08 Å². The van der Waals surface area contributed by atoms with Crippen molar-refractivity contribution >= 4 is 7.85 Å². The molecule has 0 aromatic heterocycles. The highest BCUT2D eigenvalue weighted by Gasteiger charge is 1.92. The first kappa shape index (κ1) is 9.43. The van der Waals surface area contributed by atoms with Gasteiger partial charge in [0.25, 0.3) is 0 Å². The van der Waals surface area contributed by atoms with Crippen molar-refractivity contribution in [3.63, 3.8) is 0 Å². The lowest BCUT2D eigenvalue weighted by atomic mass is 9.96. The largest absolute Gasteiger partial charge is 0.396 e. The highest BCUT2D eigenvalue weighted by molar-refractivity contribution is 6.23. The SMILES string of the molecule is BC(=C)/C(F)=C\CCCO. The summed E-state index contributed by atoms with van der Waals surface area (Å²) in [4.78, 5) is 0. The monoisotopic (exact) mass is 142 g/mol. The van der Waals surface area contributed by atoms with Gasteiger partial charge in [0.05, 0.1) is 0 Å². The lowest BCUT2D eigenvalue weighted by molar-refractivity contribution is 0.289. The molecular formula is C7H12BFO. The van der Waals surface area contributed by atoms with Gasteiger partial charge in [-0.15, -0.1) is 6.58 Å². The molecular weight excluding hydrogens is 130 g/mol. The molecule has 0 saturated carbocycles. The lowest BCUT2D eigenvalue weighted by Crippen LogP contribution is -1.82. The van der Waals surface area contributed by atoms with Crippen LogP contribution in [0.25, 0.3) is 0 Å². The van der Waals surface area contributed by atoms with Crippen LogP contribution in [-0.2, 0) is 0 Å². The highest BCUT2D eigenvalue weighted by atomic mass is 19.1. The zero-order chi connectivity index (χ0) is 7.98. The van der Waals surface area contributed by atoms with Gasteiger partial charge in [0, 0.05) is 6.61 Å². The maximum atomic E-state index is 12.5. The van der Waals surface area contributed by atoms with E-state index in [2.05, 4.69) is 6.58 Å². The van der Waals surface area contributed by atoms with Crippen LogP contribution in [0.1, 0.15) is 12.8 Å². The number of unbranched alkanes of at least 4 members (excludes halogenated alkanes) is 1. The molecule has 1 nitrogen and oxygen atoms in total. The molecule has 0 rings (SSSR count). The minimum atomic E-state index is -0.270. The van der Waals surface area contributed by atoms with E-state index in [0.717, 1.165) is 0 Å². The molecule has 0 radical (unpaired) electrons. The number of hydrogen-bond acceptors (Lipinski definition) is 1. The number of aliphatic hydroxyl groups excluding tert-OH is 1. The standard InChI is InChI=1S/C7H12BFO/c1-6(8)7(9)4-2-3-5-10/h4,10H,1-3,5,8H2/b7-4+. The Hall–Kier alpha value is -0.565. The lowest BCUT2D eigenvalue weighted by Gasteiger charge is -1.93. The van der Waals surface area contributed by atoms with E-state index in [4.69, 9.17) is 5.11 Å². The zero-order valence-electron chi connectivity index (χ0n) is 6.23. The summed E-state index contributed by atoms with van der Waals surface area (Å²) in [6, 6.07) is 0. The molecule has 10 heavy (non-hydrogen) atoms. The predicted molar refractivity (Wildman–Crippen MR) is 43.2 cm³/mol. The number of rotatable bonds is 4. The van der Waals surface area contributed by atoms with Gasteiger partial charge in [-0.05, 0) is 18.9 Å². The first-order valence-corrected chi connectivity index (χ1v) is 3.31. The molecule has 0 fully saturated rings. The Morgan fingerprint density at radius 1 is 1.70 bits per heavy atom. The van der Waals surface area contributed by atoms with Crippen molar-refractivity contribution in [2.24, 2.45) is 0 Å². The maximum absolute atomic E-state index is 12.5. The average Bonchev–Trinajstić information content (AvgIpc) is 1.88. The van der Waals surface area contributed by atoms with E-state index >= 15 is 0 Å². The number of hydrogen-bond donors (Lipinski definition) is 1. The second-order valence-corrected chi connectivity index (χ2v) is 2.20. The first-order valence-electron chi connectivity index (χ1n) is 3.31. The van der Waals surface area contributed by atoms with E-state index < -0.39 is 0 Å². The van der Waals surface area contributed by atoms with Crippen LogP contribution in [0.15, 0.2) is 24.0 Å². The van der Waals surface area contributed by atoms with Gasteiger partial charge in [0.2, 0.25) is 0 Å². The van der Waals surface area contributed by atoms with Gasteiger partial charge < -0.3 is 5.11 Å². The Morgan fingerprint density at radius 2 is 2.30 bits per heavy atom. The van der Waals surface area contributed by atoms with Gasteiger partial charge in [-0.3, -0.25) is 0 Å². The molecule has 0 aliphatic heterocycles.